The van der Waals surface area contributed by atoms with Crippen LogP contribution in [-0.2, 0) is 26.6 Å². The van der Waals surface area contributed by atoms with Gasteiger partial charge in [0.2, 0.25) is 15.9 Å². The summed E-state index contributed by atoms with van der Waals surface area (Å²) in [4.78, 5) is 33.4. The fourth-order valence-electron chi connectivity index (χ4n) is 4.61. The highest BCUT2D eigenvalue weighted by molar-refractivity contribution is 7.89. The van der Waals surface area contributed by atoms with Crippen LogP contribution in [0.1, 0.15) is 36.0 Å². The molecular formula is C23H29ClFN5O5S. The summed E-state index contributed by atoms with van der Waals surface area (Å²) in [5.74, 6) is -2.56. The third-order valence-electron chi connectivity index (χ3n) is 6.45. The highest BCUT2D eigenvalue weighted by Crippen LogP contribution is 2.27. The SMILES string of the molecule is Cn1cnc(-c2cc(Cl)c(F)c(C(=O)NNS(=O)(=O)CC3CCCN(C(=O)C4CCOCC4)C3)c2)c1. The van der Waals surface area contributed by atoms with E-state index in [0.717, 1.165) is 0 Å². The number of hydrogen-bond acceptors (Lipinski definition) is 6. The lowest BCUT2D eigenvalue weighted by molar-refractivity contribution is -0.140. The maximum Gasteiger partial charge on any atom is 0.269 e. The number of aryl methyl sites for hydroxylation is 1. The highest BCUT2D eigenvalue weighted by Gasteiger charge is 2.32. The van der Waals surface area contributed by atoms with Crippen LogP contribution in [0.3, 0.4) is 0 Å². The van der Waals surface area contributed by atoms with E-state index in [-0.39, 0.29) is 28.5 Å². The van der Waals surface area contributed by atoms with E-state index in [9.17, 15) is 22.4 Å². The molecule has 1 aromatic carbocycles. The molecule has 2 aliphatic heterocycles. The minimum Gasteiger partial charge on any atom is -0.381 e. The number of hydrogen-bond donors (Lipinski definition) is 2. The lowest BCUT2D eigenvalue weighted by atomic mass is 9.95. The number of ether oxygens (including phenoxy) is 1. The molecule has 0 radical (unpaired) electrons. The predicted molar refractivity (Wildman–Crippen MR) is 131 cm³/mol. The Labute approximate surface area is 214 Å². The van der Waals surface area contributed by atoms with E-state index in [2.05, 4.69) is 10.4 Å². The number of hydrazine groups is 1. The van der Waals surface area contributed by atoms with E-state index in [1.54, 1.807) is 29.0 Å². The number of likely N-dealkylation sites (tertiary alicyclic amines) is 1. The molecule has 2 fully saturated rings. The first-order valence-electron chi connectivity index (χ1n) is 11.8. The highest BCUT2D eigenvalue weighted by atomic mass is 35.5. The van der Waals surface area contributed by atoms with Crippen molar-refractivity contribution < 1.29 is 27.1 Å². The number of carbonyl (C=O) groups is 2. The maximum absolute atomic E-state index is 14.6. The minimum atomic E-state index is -3.95. The summed E-state index contributed by atoms with van der Waals surface area (Å²) in [6.07, 6.45) is 5.91. The molecule has 0 aliphatic carbocycles. The summed E-state index contributed by atoms with van der Waals surface area (Å²) in [5.41, 5.74) is 2.54. The van der Waals surface area contributed by atoms with Crippen LogP contribution in [0, 0.1) is 17.7 Å². The molecule has 2 amide bonds. The Morgan fingerprint density at radius 3 is 2.69 bits per heavy atom. The summed E-state index contributed by atoms with van der Waals surface area (Å²) in [6.45, 7) is 2.05. The second-order valence-electron chi connectivity index (χ2n) is 9.26. The second kappa shape index (κ2) is 11.2. The molecule has 10 nitrogen and oxygen atoms in total. The van der Waals surface area contributed by atoms with Gasteiger partial charge in [0.15, 0.2) is 5.82 Å². The Hall–Kier alpha value is -2.54. The number of benzene rings is 1. The summed E-state index contributed by atoms with van der Waals surface area (Å²) in [7, 11) is -2.19. The van der Waals surface area contributed by atoms with E-state index >= 15 is 0 Å². The number of halogens is 2. The van der Waals surface area contributed by atoms with Crippen LogP contribution in [0.2, 0.25) is 5.02 Å². The number of amides is 2. The van der Waals surface area contributed by atoms with Gasteiger partial charge in [0.1, 0.15) is 0 Å². The Morgan fingerprint density at radius 1 is 1.25 bits per heavy atom. The average molecular weight is 542 g/mol. The monoisotopic (exact) mass is 541 g/mol. The number of carbonyl (C=O) groups excluding carboxylic acids is 2. The van der Waals surface area contributed by atoms with Crippen molar-refractivity contribution in [2.45, 2.75) is 25.7 Å². The Bertz CT molecular complexity index is 1230. The van der Waals surface area contributed by atoms with Gasteiger partial charge in [0.05, 0.1) is 28.4 Å². The largest absolute Gasteiger partial charge is 0.381 e. The van der Waals surface area contributed by atoms with Gasteiger partial charge in [-0.2, -0.15) is 0 Å². The third kappa shape index (κ3) is 6.41. The van der Waals surface area contributed by atoms with Crippen LogP contribution in [0.4, 0.5) is 4.39 Å². The molecule has 1 unspecified atom stereocenters. The molecule has 36 heavy (non-hydrogen) atoms. The summed E-state index contributed by atoms with van der Waals surface area (Å²) in [5, 5.41) is -0.289. The molecule has 13 heteroatoms. The van der Waals surface area contributed by atoms with Crippen LogP contribution < -0.4 is 10.3 Å². The van der Waals surface area contributed by atoms with Gasteiger partial charge in [0.25, 0.3) is 5.91 Å². The molecule has 2 aromatic rings. The zero-order valence-electron chi connectivity index (χ0n) is 19.9. The van der Waals surface area contributed by atoms with Crippen molar-refractivity contribution in [2.75, 3.05) is 32.1 Å². The smallest absolute Gasteiger partial charge is 0.269 e. The Morgan fingerprint density at radius 2 is 2.00 bits per heavy atom. The molecule has 4 rings (SSSR count). The molecular weight excluding hydrogens is 513 g/mol. The molecule has 0 bridgehead atoms. The maximum atomic E-state index is 14.6. The van der Waals surface area contributed by atoms with Gasteiger partial charge in [-0.25, -0.2) is 17.8 Å². The van der Waals surface area contributed by atoms with Crippen LogP contribution in [-0.4, -0.2) is 66.7 Å². The summed E-state index contributed by atoms with van der Waals surface area (Å²) < 4.78 is 46.9. The average Bonchev–Trinajstić information content (AvgIpc) is 3.30. The van der Waals surface area contributed by atoms with Gasteiger partial charge in [-0.05, 0) is 43.7 Å². The van der Waals surface area contributed by atoms with Crippen molar-refractivity contribution in [1.82, 2.24) is 24.7 Å². The topological polar surface area (TPSA) is 123 Å². The number of imidazole rings is 1. The first-order chi connectivity index (χ1) is 17.1. The third-order valence-corrected chi connectivity index (χ3v) is 8.05. The van der Waals surface area contributed by atoms with Crippen molar-refractivity contribution in [3.63, 3.8) is 0 Å². The van der Waals surface area contributed by atoms with Crippen molar-refractivity contribution in [1.29, 1.82) is 0 Å². The number of nitrogens with one attached hydrogen (secondary N) is 2. The fraction of sp³-hybridized carbons (Fsp3) is 0.522. The number of piperidine rings is 1. The molecule has 1 atom stereocenters. The molecule has 0 spiro atoms. The fourth-order valence-corrected chi connectivity index (χ4v) is 6.06. The predicted octanol–water partition coefficient (Wildman–Crippen LogP) is 2.11. The van der Waals surface area contributed by atoms with E-state index in [1.165, 1.54) is 12.1 Å². The Balaban J connectivity index is 1.36. The van der Waals surface area contributed by atoms with Gasteiger partial charge in [0, 0.05) is 51.0 Å². The van der Waals surface area contributed by atoms with Gasteiger partial charge in [-0.15, -0.1) is 4.83 Å². The van der Waals surface area contributed by atoms with Gasteiger partial charge in [-0.1, -0.05) is 11.6 Å². The van der Waals surface area contributed by atoms with E-state index in [4.69, 9.17) is 16.3 Å². The van der Waals surface area contributed by atoms with Gasteiger partial charge >= 0.3 is 0 Å². The lowest BCUT2D eigenvalue weighted by Gasteiger charge is -2.35. The van der Waals surface area contributed by atoms with Crippen LogP contribution in [0.25, 0.3) is 11.3 Å². The zero-order chi connectivity index (χ0) is 25.9. The number of sulfonamides is 1. The number of rotatable bonds is 7. The van der Waals surface area contributed by atoms with E-state index < -0.39 is 27.3 Å². The molecule has 3 heterocycles. The van der Waals surface area contributed by atoms with Crippen molar-refractivity contribution in [3.8, 4) is 11.3 Å². The number of aromatic nitrogens is 2. The second-order valence-corrected chi connectivity index (χ2v) is 11.4. The molecule has 2 aliphatic rings. The zero-order valence-corrected chi connectivity index (χ0v) is 21.4. The van der Waals surface area contributed by atoms with E-state index in [0.29, 0.717) is 63.2 Å². The lowest BCUT2D eigenvalue weighted by Crippen LogP contribution is -2.48. The normalized spacial score (nSPS) is 19.3. The van der Waals surface area contributed by atoms with Crippen molar-refractivity contribution in [3.05, 3.63) is 41.1 Å². The number of nitrogens with zero attached hydrogens (tertiary/aromatic N) is 3. The summed E-state index contributed by atoms with van der Waals surface area (Å²) >= 11 is 5.97. The first kappa shape index (κ1) is 26.5. The van der Waals surface area contributed by atoms with Crippen LogP contribution in [0.15, 0.2) is 24.7 Å². The summed E-state index contributed by atoms with van der Waals surface area (Å²) in [6, 6.07) is 2.60. The van der Waals surface area contributed by atoms with Crippen LogP contribution >= 0.6 is 11.6 Å². The first-order valence-corrected chi connectivity index (χ1v) is 13.8. The Kier molecular flexibility index (Phi) is 8.28. The molecule has 2 N–H and O–H groups in total. The van der Waals surface area contributed by atoms with Crippen LogP contribution in [0.5, 0.6) is 0 Å². The van der Waals surface area contributed by atoms with Crippen molar-refractivity contribution >= 4 is 33.4 Å². The van der Waals surface area contributed by atoms with Gasteiger partial charge in [-0.3, -0.25) is 15.0 Å². The molecule has 0 saturated carbocycles. The molecule has 196 valence electrons. The standard InChI is InChI=1S/C23H29ClFN5O5S/c1-29-12-20(26-14-29)17-9-18(21(25)19(24)10-17)22(31)27-28-36(33,34)13-15-3-2-6-30(11-15)23(32)16-4-7-35-8-5-16/h9-10,12,14-16,28H,2-8,11,13H2,1H3,(H,27,31). The van der Waals surface area contributed by atoms with Gasteiger partial charge < -0.3 is 14.2 Å². The van der Waals surface area contributed by atoms with E-state index in [1.807, 2.05) is 4.83 Å². The molecule has 2 saturated heterocycles. The quantitative estimate of drug-likeness (QED) is 0.518. The van der Waals surface area contributed by atoms with Crippen molar-refractivity contribution in [2.24, 2.45) is 18.9 Å². The molecule has 1 aromatic heterocycles. The minimum absolute atomic E-state index is 0.0433.